The highest BCUT2D eigenvalue weighted by molar-refractivity contribution is 5.69. The summed E-state index contributed by atoms with van der Waals surface area (Å²) in [6.07, 6.45) is 0.496. The lowest BCUT2D eigenvalue weighted by atomic mass is 10.00. The van der Waals surface area contributed by atoms with Gasteiger partial charge in [-0.25, -0.2) is 0 Å². The Morgan fingerprint density at radius 2 is 2.14 bits per heavy atom. The molecule has 1 rings (SSSR count). The van der Waals surface area contributed by atoms with Crippen LogP contribution in [0.3, 0.4) is 0 Å². The maximum Gasteiger partial charge on any atom is 0.306 e. The lowest BCUT2D eigenvalue weighted by Gasteiger charge is -2.07. The first-order chi connectivity index (χ1) is 6.50. The molecular weight excluding hydrogens is 180 g/mol. The largest absolute Gasteiger partial charge is 0.508 e. The normalized spacial score (nSPS) is 12.4. The van der Waals surface area contributed by atoms with Crippen LogP contribution in [0.15, 0.2) is 18.2 Å². The summed E-state index contributed by atoms with van der Waals surface area (Å²) in [6, 6.07) is 5.16. The van der Waals surface area contributed by atoms with E-state index >= 15 is 0 Å². The molecule has 0 aliphatic heterocycles. The van der Waals surface area contributed by atoms with Crippen molar-refractivity contribution in [3.8, 4) is 5.75 Å². The van der Waals surface area contributed by atoms with Crippen LogP contribution in [0.25, 0.3) is 0 Å². The lowest BCUT2D eigenvalue weighted by molar-refractivity contribution is -0.141. The van der Waals surface area contributed by atoms with Crippen LogP contribution in [0.1, 0.15) is 18.1 Å². The van der Waals surface area contributed by atoms with Crippen molar-refractivity contribution in [2.24, 2.45) is 5.92 Å². The summed E-state index contributed by atoms with van der Waals surface area (Å²) in [5.74, 6) is -0.939. The van der Waals surface area contributed by atoms with Gasteiger partial charge in [-0.05, 0) is 30.5 Å². The van der Waals surface area contributed by atoms with Gasteiger partial charge in [-0.1, -0.05) is 19.1 Å². The topological polar surface area (TPSA) is 57.5 Å². The van der Waals surface area contributed by atoms with E-state index in [-0.39, 0.29) is 11.7 Å². The Morgan fingerprint density at radius 3 is 2.64 bits per heavy atom. The Kier molecular flexibility index (Phi) is 3.12. The van der Waals surface area contributed by atoms with Gasteiger partial charge in [0, 0.05) is 0 Å². The average molecular weight is 194 g/mol. The SMILES string of the molecule is Cc1cc(C[C@H](C)C(=O)O)ccc1O. The van der Waals surface area contributed by atoms with E-state index in [0.29, 0.717) is 6.42 Å². The summed E-state index contributed by atoms with van der Waals surface area (Å²) < 4.78 is 0. The second-order valence-electron chi connectivity index (χ2n) is 3.56. The number of benzene rings is 1. The van der Waals surface area contributed by atoms with Crippen molar-refractivity contribution in [1.29, 1.82) is 0 Å². The highest BCUT2D eigenvalue weighted by Gasteiger charge is 2.11. The number of carboxylic acid groups (broad SMARTS) is 1. The van der Waals surface area contributed by atoms with Crippen LogP contribution in [0, 0.1) is 12.8 Å². The molecule has 3 heteroatoms. The van der Waals surface area contributed by atoms with Crippen LogP contribution in [0.4, 0.5) is 0 Å². The molecule has 1 aromatic rings. The zero-order valence-corrected chi connectivity index (χ0v) is 8.32. The summed E-state index contributed by atoms with van der Waals surface area (Å²) >= 11 is 0. The summed E-state index contributed by atoms with van der Waals surface area (Å²) in [5, 5.41) is 18.0. The molecule has 0 unspecified atom stereocenters. The highest BCUT2D eigenvalue weighted by Crippen LogP contribution is 2.19. The predicted molar refractivity (Wildman–Crippen MR) is 53.3 cm³/mol. The van der Waals surface area contributed by atoms with E-state index in [2.05, 4.69) is 0 Å². The van der Waals surface area contributed by atoms with Crippen LogP contribution in [0.2, 0.25) is 0 Å². The van der Waals surface area contributed by atoms with Gasteiger partial charge in [0.2, 0.25) is 0 Å². The number of phenolic OH excluding ortho intramolecular Hbond substituents is 1. The second kappa shape index (κ2) is 4.13. The Labute approximate surface area is 83.0 Å². The van der Waals surface area contributed by atoms with Gasteiger partial charge in [-0.2, -0.15) is 0 Å². The second-order valence-corrected chi connectivity index (χ2v) is 3.56. The molecule has 0 aliphatic rings. The predicted octanol–water partition coefficient (Wildman–Crippen LogP) is 1.96. The van der Waals surface area contributed by atoms with Gasteiger partial charge in [-0.3, -0.25) is 4.79 Å². The van der Waals surface area contributed by atoms with Gasteiger partial charge in [0.15, 0.2) is 0 Å². The summed E-state index contributed by atoms with van der Waals surface area (Å²) in [7, 11) is 0. The van der Waals surface area contributed by atoms with Crippen LogP contribution >= 0.6 is 0 Å². The fraction of sp³-hybridized carbons (Fsp3) is 0.364. The third-order valence-electron chi connectivity index (χ3n) is 2.22. The van der Waals surface area contributed by atoms with E-state index < -0.39 is 5.97 Å². The first kappa shape index (κ1) is 10.6. The Balaban J connectivity index is 2.78. The number of hydrogen-bond acceptors (Lipinski definition) is 2. The van der Waals surface area contributed by atoms with E-state index in [1.54, 1.807) is 26.0 Å². The molecule has 3 nitrogen and oxygen atoms in total. The number of rotatable bonds is 3. The molecule has 0 spiro atoms. The molecule has 0 amide bonds. The molecule has 2 N–H and O–H groups in total. The van der Waals surface area contributed by atoms with Gasteiger partial charge < -0.3 is 10.2 Å². The summed E-state index contributed by atoms with van der Waals surface area (Å²) in [5.41, 5.74) is 1.72. The van der Waals surface area contributed by atoms with Gasteiger partial charge in [0.05, 0.1) is 5.92 Å². The fourth-order valence-corrected chi connectivity index (χ4v) is 1.29. The van der Waals surface area contributed by atoms with Gasteiger partial charge in [-0.15, -0.1) is 0 Å². The van der Waals surface area contributed by atoms with Crippen LogP contribution in [0.5, 0.6) is 5.75 Å². The maximum absolute atomic E-state index is 10.6. The lowest BCUT2D eigenvalue weighted by Crippen LogP contribution is -2.12. The molecule has 0 radical (unpaired) electrons. The van der Waals surface area contributed by atoms with E-state index in [1.807, 2.05) is 6.07 Å². The van der Waals surface area contributed by atoms with Crippen molar-refractivity contribution in [2.75, 3.05) is 0 Å². The smallest absolute Gasteiger partial charge is 0.306 e. The molecule has 76 valence electrons. The summed E-state index contributed by atoms with van der Waals surface area (Å²) in [6.45, 7) is 3.47. The molecule has 0 fully saturated rings. The van der Waals surface area contributed by atoms with Crippen molar-refractivity contribution >= 4 is 5.97 Å². The van der Waals surface area contributed by atoms with E-state index in [1.165, 1.54) is 0 Å². The van der Waals surface area contributed by atoms with Crippen molar-refractivity contribution in [3.63, 3.8) is 0 Å². The minimum absolute atomic E-state index is 0.247. The zero-order valence-electron chi connectivity index (χ0n) is 8.32. The standard InChI is InChI=1S/C11H14O3/c1-7-5-9(3-4-10(7)12)6-8(2)11(13)14/h3-5,8,12H,6H2,1-2H3,(H,13,14)/t8-/m0/s1. The van der Waals surface area contributed by atoms with Crippen LogP contribution < -0.4 is 0 Å². The van der Waals surface area contributed by atoms with E-state index in [0.717, 1.165) is 11.1 Å². The van der Waals surface area contributed by atoms with Gasteiger partial charge in [0.25, 0.3) is 0 Å². The Hall–Kier alpha value is -1.51. The number of hydrogen-bond donors (Lipinski definition) is 2. The van der Waals surface area contributed by atoms with E-state index in [4.69, 9.17) is 5.11 Å². The number of carbonyl (C=O) groups is 1. The molecule has 1 aromatic carbocycles. The zero-order chi connectivity index (χ0) is 10.7. The number of aliphatic carboxylic acids is 1. The number of phenols is 1. The summed E-state index contributed by atoms with van der Waals surface area (Å²) in [4.78, 5) is 10.6. The molecule has 14 heavy (non-hydrogen) atoms. The number of carboxylic acids is 1. The number of aryl methyl sites for hydroxylation is 1. The van der Waals surface area contributed by atoms with Gasteiger partial charge in [0.1, 0.15) is 5.75 Å². The Bertz CT molecular complexity index is 344. The molecule has 0 heterocycles. The first-order valence-corrected chi connectivity index (χ1v) is 4.52. The monoisotopic (exact) mass is 194 g/mol. The maximum atomic E-state index is 10.6. The van der Waals surface area contributed by atoms with E-state index in [9.17, 15) is 9.90 Å². The van der Waals surface area contributed by atoms with Crippen molar-refractivity contribution in [2.45, 2.75) is 20.3 Å². The van der Waals surface area contributed by atoms with Gasteiger partial charge >= 0.3 is 5.97 Å². The quantitative estimate of drug-likeness (QED) is 0.773. The Morgan fingerprint density at radius 1 is 1.50 bits per heavy atom. The van der Waals surface area contributed by atoms with Crippen molar-refractivity contribution < 1.29 is 15.0 Å². The average Bonchev–Trinajstić information content (AvgIpc) is 2.11. The molecule has 0 saturated heterocycles. The molecular formula is C11H14O3. The molecule has 0 bridgehead atoms. The minimum Gasteiger partial charge on any atom is -0.508 e. The molecule has 0 saturated carbocycles. The highest BCUT2D eigenvalue weighted by atomic mass is 16.4. The van der Waals surface area contributed by atoms with Crippen LogP contribution in [-0.2, 0) is 11.2 Å². The fourth-order valence-electron chi connectivity index (χ4n) is 1.29. The minimum atomic E-state index is -0.796. The molecule has 1 atom stereocenters. The van der Waals surface area contributed by atoms with Crippen molar-refractivity contribution in [1.82, 2.24) is 0 Å². The van der Waals surface area contributed by atoms with Crippen molar-refractivity contribution in [3.05, 3.63) is 29.3 Å². The van der Waals surface area contributed by atoms with Crippen LogP contribution in [-0.4, -0.2) is 16.2 Å². The first-order valence-electron chi connectivity index (χ1n) is 4.52. The third-order valence-corrected chi connectivity index (χ3v) is 2.22. The number of aromatic hydroxyl groups is 1. The molecule has 0 aliphatic carbocycles. The molecule has 0 aromatic heterocycles. The third kappa shape index (κ3) is 2.49.